The fourth-order valence-electron chi connectivity index (χ4n) is 1.51. The number of carbonyl (C=O) groups is 2. The third kappa shape index (κ3) is 4.51. The Labute approximate surface area is 127 Å². The van der Waals surface area contributed by atoms with Gasteiger partial charge in [0.25, 0.3) is 5.91 Å². The largest absolute Gasteiger partial charge is 0.493 e. The van der Waals surface area contributed by atoms with Crippen molar-refractivity contribution in [2.45, 2.75) is 19.6 Å². The van der Waals surface area contributed by atoms with Crippen LogP contribution in [-0.4, -0.2) is 32.2 Å². The smallest absolute Gasteiger partial charge is 0.321 e. The zero-order valence-corrected chi connectivity index (χ0v) is 12.8. The van der Waals surface area contributed by atoms with E-state index in [1.165, 1.54) is 21.1 Å². The highest BCUT2D eigenvalue weighted by atomic mass is 35.5. The lowest BCUT2D eigenvalue weighted by Crippen LogP contribution is -2.44. The number of nitrogens with one attached hydrogen (secondary N) is 2. The summed E-state index contributed by atoms with van der Waals surface area (Å²) in [6.07, 6.45) is -0.933. The number of nitrogens with two attached hydrogens (primary N) is 1. The third-order valence-corrected chi connectivity index (χ3v) is 2.93. The van der Waals surface area contributed by atoms with E-state index in [2.05, 4.69) is 10.6 Å². The third-order valence-electron chi connectivity index (χ3n) is 2.65. The van der Waals surface area contributed by atoms with Crippen LogP contribution in [0, 0.1) is 0 Å². The van der Waals surface area contributed by atoms with E-state index in [9.17, 15) is 9.59 Å². The number of halogens is 1. The minimum Gasteiger partial charge on any atom is -0.493 e. The molecule has 7 nitrogen and oxygen atoms in total. The van der Waals surface area contributed by atoms with Crippen molar-refractivity contribution in [2.75, 3.05) is 14.2 Å². The van der Waals surface area contributed by atoms with Gasteiger partial charge in [-0.2, -0.15) is 0 Å². The van der Waals surface area contributed by atoms with Crippen molar-refractivity contribution in [3.63, 3.8) is 0 Å². The minimum absolute atomic E-state index is 0.218. The second-order valence-corrected chi connectivity index (χ2v) is 4.55. The maximum Gasteiger partial charge on any atom is 0.321 e. The second kappa shape index (κ2) is 7.70. The molecule has 0 saturated carbocycles. The molecule has 0 bridgehead atoms. The standard InChI is InChI=1S/C13H18ClN3O4/c1-7(12(18)17-13(19)16-2)21-11-9(14)4-8(6-15)5-10(11)20-3/h4-5,7H,6,15H2,1-3H3,(H2,16,17,18,19). The number of urea groups is 1. The highest BCUT2D eigenvalue weighted by Gasteiger charge is 2.21. The lowest BCUT2D eigenvalue weighted by Gasteiger charge is -2.18. The molecule has 0 aromatic heterocycles. The summed E-state index contributed by atoms with van der Waals surface area (Å²) in [5, 5.41) is 4.66. The van der Waals surface area contributed by atoms with Crippen molar-refractivity contribution < 1.29 is 19.1 Å². The van der Waals surface area contributed by atoms with Gasteiger partial charge in [-0.05, 0) is 24.6 Å². The SMILES string of the molecule is CNC(=O)NC(=O)C(C)Oc1c(Cl)cc(CN)cc1OC. The van der Waals surface area contributed by atoms with Gasteiger partial charge in [0, 0.05) is 13.6 Å². The van der Waals surface area contributed by atoms with Crippen LogP contribution in [0.4, 0.5) is 4.79 Å². The molecule has 0 heterocycles. The lowest BCUT2D eigenvalue weighted by molar-refractivity contribution is -0.126. The summed E-state index contributed by atoms with van der Waals surface area (Å²) in [4.78, 5) is 22.8. The van der Waals surface area contributed by atoms with Crippen LogP contribution in [0.15, 0.2) is 12.1 Å². The van der Waals surface area contributed by atoms with Crippen molar-refractivity contribution in [1.29, 1.82) is 0 Å². The molecule has 0 spiro atoms. The monoisotopic (exact) mass is 315 g/mol. The van der Waals surface area contributed by atoms with Gasteiger partial charge in [0.1, 0.15) is 0 Å². The predicted octanol–water partition coefficient (Wildman–Crippen LogP) is 1.03. The minimum atomic E-state index is -0.933. The predicted molar refractivity (Wildman–Crippen MR) is 78.6 cm³/mol. The Morgan fingerprint density at radius 2 is 2.10 bits per heavy atom. The Bertz CT molecular complexity index is 536. The first-order valence-corrected chi connectivity index (χ1v) is 6.56. The van der Waals surface area contributed by atoms with Crippen LogP contribution >= 0.6 is 11.6 Å². The number of ether oxygens (including phenoxy) is 2. The zero-order valence-electron chi connectivity index (χ0n) is 12.0. The van der Waals surface area contributed by atoms with Gasteiger partial charge >= 0.3 is 6.03 Å². The number of benzene rings is 1. The van der Waals surface area contributed by atoms with Gasteiger partial charge in [0.05, 0.1) is 12.1 Å². The molecule has 0 saturated heterocycles. The van der Waals surface area contributed by atoms with E-state index >= 15 is 0 Å². The summed E-state index contributed by atoms with van der Waals surface area (Å²) in [6, 6.07) is 2.68. The Hall–Kier alpha value is -1.99. The molecule has 0 radical (unpaired) electrons. The molecule has 1 unspecified atom stereocenters. The summed E-state index contributed by atoms with van der Waals surface area (Å²) in [5.41, 5.74) is 6.32. The summed E-state index contributed by atoms with van der Waals surface area (Å²) in [7, 11) is 2.85. The molecule has 21 heavy (non-hydrogen) atoms. The van der Waals surface area contributed by atoms with Crippen LogP contribution in [-0.2, 0) is 11.3 Å². The first-order valence-electron chi connectivity index (χ1n) is 6.18. The van der Waals surface area contributed by atoms with Crippen molar-refractivity contribution in [3.8, 4) is 11.5 Å². The number of imide groups is 1. The Morgan fingerprint density at radius 3 is 2.62 bits per heavy atom. The molecule has 1 atom stereocenters. The maximum atomic E-state index is 11.7. The quantitative estimate of drug-likeness (QED) is 0.753. The van der Waals surface area contributed by atoms with Gasteiger partial charge in [-0.25, -0.2) is 4.79 Å². The van der Waals surface area contributed by atoms with Crippen LogP contribution in [0.2, 0.25) is 5.02 Å². The van der Waals surface area contributed by atoms with E-state index in [0.29, 0.717) is 12.3 Å². The summed E-state index contributed by atoms with van der Waals surface area (Å²) in [5.74, 6) is -0.0196. The average molecular weight is 316 g/mol. The molecule has 8 heteroatoms. The summed E-state index contributed by atoms with van der Waals surface area (Å²) < 4.78 is 10.7. The second-order valence-electron chi connectivity index (χ2n) is 4.14. The molecule has 0 aliphatic carbocycles. The first-order chi connectivity index (χ1) is 9.92. The van der Waals surface area contributed by atoms with Gasteiger partial charge < -0.3 is 20.5 Å². The Morgan fingerprint density at radius 1 is 1.43 bits per heavy atom. The van der Waals surface area contributed by atoms with Crippen LogP contribution in [0.25, 0.3) is 0 Å². The Kier molecular flexibility index (Phi) is 6.26. The topological polar surface area (TPSA) is 103 Å². The van der Waals surface area contributed by atoms with Crippen LogP contribution < -0.4 is 25.8 Å². The van der Waals surface area contributed by atoms with Crippen LogP contribution in [0.3, 0.4) is 0 Å². The molecule has 3 amide bonds. The zero-order chi connectivity index (χ0) is 16.0. The van der Waals surface area contributed by atoms with E-state index in [4.69, 9.17) is 26.8 Å². The number of rotatable bonds is 5. The fraction of sp³-hybridized carbons (Fsp3) is 0.385. The average Bonchev–Trinajstić information content (AvgIpc) is 2.48. The van der Waals surface area contributed by atoms with Crippen LogP contribution in [0.5, 0.6) is 11.5 Å². The van der Waals surface area contributed by atoms with Crippen molar-refractivity contribution in [2.24, 2.45) is 5.73 Å². The molecule has 4 N–H and O–H groups in total. The van der Waals surface area contributed by atoms with E-state index in [1.807, 2.05) is 0 Å². The van der Waals surface area contributed by atoms with Gasteiger partial charge in [0.15, 0.2) is 17.6 Å². The molecule has 116 valence electrons. The number of amides is 3. The van der Waals surface area contributed by atoms with Crippen molar-refractivity contribution >= 4 is 23.5 Å². The van der Waals surface area contributed by atoms with E-state index < -0.39 is 18.0 Å². The number of hydrogen-bond acceptors (Lipinski definition) is 5. The molecule has 0 aliphatic heterocycles. The lowest BCUT2D eigenvalue weighted by atomic mass is 10.2. The Balaban J connectivity index is 2.91. The molecular weight excluding hydrogens is 298 g/mol. The molecular formula is C13H18ClN3O4. The van der Waals surface area contributed by atoms with Crippen LogP contribution in [0.1, 0.15) is 12.5 Å². The number of hydrogen-bond donors (Lipinski definition) is 3. The molecule has 1 aromatic carbocycles. The summed E-state index contributed by atoms with van der Waals surface area (Å²) in [6.45, 7) is 1.79. The molecule has 0 fully saturated rings. The first kappa shape index (κ1) is 17.1. The molecule has 1 aromatic rings. The van der Waals surface area contributed by atoms with Gasteiger partial charge in [-0.15, -0.1) is 0 Å². The van der Waals surface area contributed by atoms with E-state index in [-0.39, 0.29) is 10.8 Å². The normalized spacial score (nSPS) is 11.5. The maximum absolute atomic E-state index is 11.7. The molecule has 0 aliphatic rings. The highest BCUT2D eigenvalue weighted by molar-refractivity contribution is 6.32. The van der Waals surface area contributed by atoms with Gasteiger partial charge in [0.2, 0.25) is 0 Å². The van der Waals surface area contributed by atoms with E-state index in [0.717, 1.165) is 5.56 Å². The van der Waals surface area contributed by atoms with Gasteiger partial charge in [-0.1, -0.05) is 11.6 Å². The van der Waals surface area contributed by atoms with Crippen molar-refractivity contribution in [1.82, 2.24) is 10.6 Å². The van der Waals surface area contributed by atoms with Gasteiger partial charge in [-0.3, -0.25) is 10.1 Å². The molecule has 1 rings (SSSR count). The number of methoxy groups -OCH3 is 1. The van der Waals surface area contributed by atoms with E-state index in [1.54, 1.807) is 12.1 Å². The summed E-state index contributed by atoms with van der Waals surface area (Å²) >= 11 is 6.10. The van der Waals surface area contributed by atoms with Crippen molar-refractivity contribution in [3.05, 3.63) is 22.7 Å². The highest BCUT2D eigenvalue weighted by Crippen LogP contribution is 2.37. The number of carbonyl (C=O) groups excluding carboxylic acids is 2. The fourth-order valence-corrected chi connectivity index (χ4v) is 1.79.